The molecule has 3 amide bonds. The molecule has 0 bridgehead atoms. The SMILES string of the molecule is CCOC(=O)NC(CNC(=O)c1cc(NC(C)=O)ccc1NS(C)(=O)=O)CC(C)C. The number of carbonyl (C=O) groups excluding carboxylic acids is 3. The number of alkyl carbamates (subject to hydrolysis) is 1. The lowest BCUT2D eigenvalue weighted by atomic mass is 10.0. The van der Waals surface area contributed by atoms with Gasteiger partial charge in [-0.05, 0) is 37.5 Å². The Kier molecular flexibility index (Phi) is 9.57. The highest BCUT2D eigenvalue weighted by atomic mass is 32.2. The number of carbonyl (C=O) groups is 3. The summed E-state index contributed by atoms with van der Waals surface area (Å²) in [6.45, 7) is 7.30. The molecule has 0 aliphatic heterocycles. The maximum Gasteiger partial charge on any atom is 0.407 e. The van der Waals surface area contributed by atoms with Crippen molar-refractivity contribution in [2.75, 3.05) is 29.4 Å². The summed E-state index contributed by atoms with van der Waals surface area (Å²) in [6, 6.07) is 3.87. The molecule has 0 radical (unpaired) electrons. The minimum Gasteiger partial charge on any atom is -0.450 e. The molecule has 30 heavy (non-hydrogen) atoms. The third-order valence-electron chi connectivity index (χ3n) is 3.74. The molecule has 0 spiro atoms. The molecule has 0 aromatic heterocycles. The van der Waals surface area contributed by atoms with Gasteiger partial charge in [0.15, 0.2) is 0 Å². The Hall–Kier alpha value is -2.82. The zero-order valence-corrected chi connectivity index (χ0v) is 18.7. The van der Waals surface area contributed by atoms with E-state index < -0.39 is 22.0 Å². The monoisotopic (exact) mass is 442 g/mol. The Morgan fingerprint density at radius 3 is 2.37 bits per heavy atom. The molecule has 168 valence electrons. The van der Waals surface area contributed by atoms with Crippen molar-refractivity contribution in [3.63, 3.8) is 0 Å². The van der Waals surface area contributed by atoms with Crippen LogP contribution in [0.2, 0.25) is 0 Å². The second-order valence-electron chi connectivity index (χ2n) is 7.22. The smallest absolute Gasteiger partial charge is 0.407 e. The van der Waals surface area contributed by atoms with Gasteiger partial charge in [0.2, 0.25) is 15.9 Å². The Bertz CT molecular complexity index is 870. The summed E-state index contributed by atoms with van der Waals surface area (Å²) in [5, 5.41) is 7.96. The van der Waals surface area contributed by atoms with Gasteiger partial charge in [0.1, 0.15) is 0 Å². The van der Waals surface area contributed by atoms with E-state index in [2.05, 4.69) is 20.7 Å². The molecule has 1 unspecified atom stereocenters. The number of ether oxygens (including phenoxy) is 1. The normalized spacial score (nSPS) is 12.1. The van der Waals surface area contributed by atoms with Gasteiger partial charge in [0, 0.05) is 25.2 Å². The average molecular weight is 443 g/mol. The number of sulfonamides is 1. The molecule has 1 aromatic carbocycles. The largest absolute Gasteiger partial charge is 0.450 e. The summed E-state index contributed by atoms with van der Waals surface area (Å²) < 4.78 is 30.5. The van der Waals surface area contributed by atoms with Crippen LogP contribution in [-0.4, -0.2) is 51.8 Å². The molecule has 0 saturated heterocycles. The Labute approximate surface area is 177 Å². The fourth-order valence-corrected chi connectivity index (χ4v) is 3.29. The van der Waals surface area contributed by atoms with Crippen molar-refractivity contribution in [2.24, 2.45) is 5.92 Å². The van der Waals surface area contributed by atoms with Crippen molar-refractivity contribution in [3.8, 4) is 0 Å². The van der Waals surface area contributed by atoms with Gasteiger partial charge in [0.25, 0.3) is 5.91 Å². The Balaban J connectivity index is 3.04. The lowest BCUT2D eigenvalue weighted by Crippen LogP contribution is -2.44. The van der Waals surface area contributed by atoms with Crippen molar-refractivity contribution >= 4 is 39.3 Å². The molecule has 0 heterocycles. The maximum atomic E-state index is 12.8. The number of anilines is 2. The molecule has 0 saturated carbocycles. The lowest BCUT2D eigenvalue weighted by molar-refractivity contribution is -0.114. The zero-order valence-electron chi connectivity index (χ0n) is 17.9. The van der Waals surface area contributed by atoms with Crippen molar-refractivity contribution in [1.82, 2.24) is 10.6 Å². The summed E-state index contributed by atoms with van der Waals surface area (Å²) in [5.74, 6) is -0.645. The second-order valence-corrected chi connectivity index (χ2v) is 8.97. The van der Waals surface area contributed by atoms with Gasteiger partial charge < -0.3 is 20.7 Å². The molecule has 10 nitrogen and oxygen atoms in total. The molecule has 1 aromatic rings. The fourth-order valence-electron chi connectivity index (χ4n) is 2.71. The molecule has 0 aliphatic carbocycles. The van der Waals surface area contributed by atoms with Crippen LogP contribution in [0.25, 0.3) is 0 Å². The van der Waals surface area contributed by atoms with Crippen LogP contribution in [0.15, 0.2) is 18.2 Å². The van der Waals surface area contributed by atoms with E-state index in [9.17, 15) is 22.8 Å². The standard InChI is InChI=1S/C19H30N4O6S/c1-6-29-19(26)22-15(9-12(2)3)11-20-18(25)16-10-14(21-13(4)24)7-8-17(16)23-30(5,27)28/h7-8,10,12,15,23H,6,9,11H2,1-5H3,(H,20,25)(H,21,24)(H,22,26). The molecule has 1 atom stereocenters. The van der Waals surface area contributed by atoms with E-state index in [0.29, 0.717) is 12.1 Å². The fraction of sp³-hybridized carbons (Fsp3) is 0.526. The van der Waals surface area contributed by atoms with Crippen LogP contribution in [0.4, 0.5) is 16.2 Å². The van der Waals surface area contributed by atoms with E-state index in [1.165, 1.54) is 25.1 Å². The van der Waals surface area contributed by atoms with Crippen LogP contribution < -0.4 is 20.7 Å². The van der Waals surface area contributed by atoms with Crippen molar-refractivity contribution < 1.29 is 27.5 Å². The summed E-state index contributed by atoms with van der Waals surface area (Å²) in [5.41, 5.74) is 0.448. The van der Waals surface area contributed by atoms with E-state index in [1.54, 1.807) is 6.92 Å². The maximum absolute atomic E-state index is 12.8. The summed E-state index contributed by atoms with van der Waals surface area (Å²) in [4.78, 5) is 35.8. The quantitative estimate of drug-likeness (QED) is 0.436. The second kappa shape index (κ2) is 11.4. The van der Waals surface area contributed by atoms with Crippen molar-refractivity contribution in [3.05, 3.63) is 23.8 Å². The summed E-state index contributed by atoms with van der Waals surface area (Å²) in [6.07, 6.45) is 0.988. The van der Waals surface area contributed by atoms with E-state index in [1.807, 2.05) is 13.8 Å². The van der Waals surface area contributed by atoms with Crippen LogP contribution in [0.1, 0.15) is 44.5 Å². The Morgan fingerprint density at radius 1 is 1.17 bits per heavy atom. The van der Waals surface area contributed by atoms with E-state index >= 15 is 0 Å². The van der Waals surface area contributed by atoms with Crippen LogP contribution in [0.3, 0.4) is 0 Å². The van der Waals surface area contributed by atoms with E-state index in [-0.39, 0.29) is 42.3 Å². The van der Waals surface area contributed by atoms with Crippen LogP contribution >= 0.6 is 0 Å². The molecule has 0 fully saturated rings. The van der Waals surface area contributed by atoms with Crippen molar-refractivity contribution in [1.29, 1.82) is 0 Å². The predicted octanol–water partition coefficient (Wildman–Crippen LogP) is 1.91. The third kappa shape index (κ3) is 9.59. The van der Waals surface area contributed by atoms with Crippen molar-refractivity contribution in [2.45, 2.75) is 40.2 Å². The first-order chi connectivity index (χ1) is 13.9. The minimum absolute atomic E-state index is 0.0334. The Morgan fingerprint density at radius 2 is 1.83 bits per heavy atom. The molecule has 11 heteroatoms. The number of hydrogen-bond acceptors (Lipinski definition) is 6. The topological polar surface area (TPSA) is 143 Å². The van der Waals surface area contributed by atoms with Gasteiger partial charge in [-0.3, -0.25) is 14.3 Å². The highest BCUT2D eigenvalue weighted by Gasteiger charge is 2.19. The number of hydrogen-bond donors (Lipinski definition) is 4. The van der Waals surface area contributed by atoms with Gasteiger partial charge in [-0.25, -0.2) is 13.2 Å². The third-order valence-corrected chi connectivity index (χ3v) is 4.33. The molecule has 1 rings (SSSR count). The average Bonchev–Trinajstić information content (AvgIpc) is 2.58. The van der Waals surface area contributed by atoms with Gasteiger partial charge in [0.05, 0.1) is 24.1 Å². The highest BCUT2D eigenvalue weighted by Crippen LogP contribution is 2.22. The molecular weight excluding hydrogens is 412 g/mol. The van der Waals surface area contributed by atoms with E-state index in [0.717, 1.165) is 6.26 Å². The van der Waals surface area contributed by atoms with Crippen LogP contribution in [0.5, 0.6) is 0 Å². The predicted molar refractivity (Wildman–Crippen MR) is 115 cm³/mol. The lowest BCUT2D eigenvalue weighted by Gasteiger charge is -2.21. The number of amides is 3. The number of benzene rings is 1. The first-order valence-electron chi connectivity index (χ1n) is 9.52. The summed E-state index contributed by atoms with van der Waals surface area (Å²) in [7, 11) is -3.63. The van der Waals surface area contributed by atoms with Gasteiger partial charge in [-0.1, -0.05) is 13.8 Å². The molecule has 4 N–H and O–H groups in total. The van der Waals surface area contributed by atoms with Crippen LogP contribution in [-0.2, 0) is 19.6 Å². The van der Waals surface area contributed by atoms with E-state index in [4.69, 9.17) is 4.74 Å². The first-order valence-corrected chi connectivity index (χ1v) is 11.4. The minimum atomic E-state index is -3.63. The summed E-state index contributed by atoms with van der Waals surface area (Å²) >= 11 is 0. The zero-order chi connectivity index (χ0) is 22.9. The van der Waals surface area contributed by atoms with Gasteiger partial charge in [-0.2, -0.15) is 0 Å². The number of rotatable bonds is 10. The molecular formula is C19H30N4O6S. The molecule has 0 aliphatic rings. The first kappa shape index (κ1) is 25.2. The number of nitrogens with one attached hydrogen (secondary N) is 4. The highest BCUT2D eigenvalue weighted by molar-refractivity contribution is 7.92. The van der Waals surface area contributed by atoms with Gasteiger partial charge in [-0.15, -0.1) is 0 Å². The van der Waals surface area contributed by atoms with Crippen LogP contribution in [0, 0.1) is 5.92 Å². The van der Waals surface area contributed by atoms with Gasteiger partial charge >= 0.3 is 6.09 Å².